The van der Waals surface area contributed by atoms with Gasteiger partial charge in [0.15, 0.2) is 0 Å². The molecule has 0 saturated carbocycles. The minimum atomic E-state index is -1.07. The summed E-state index contributed by atoms with van der Waals surface area (Å²) < 4.78 is 5.80. The topological polar surface area (TPSA) is 58.6 Å². The highest BCUT2D eigenvalue weighted by Gasteiger charge is 2.33. The molecule has 20 heavy (non-hydrogen) atoms. The van der Waals surface area contributed by atoms with E-state index in [1.165, 1.54) is 5.56 Å². The Morgan fingerprint density at radius 1 is 1.30 bits per heavy atom. The first-order valence-corrected chi connectivity index (χ1v) is 6.99. The Kier molecular flexibility index (Phi) is 5.57. The van der Waals surface area contributed by atoms with Crippen LogP contribution in [0.3, 0.4) is 0 Å². The summed E-state index contributed by atoms with van der Waals surface area (Å²) in [6.45, 7) is 10.4. The predicted molar refractivity (Wildman–Crippen MR) is 80.5 cm³/mol. The molecule has 0 aromatic heterocycles. The molecular formula is C16H25NO3. The molecule has 1 aromatic rings. The highest BCUT2D eigenvalue weighted by Crippen LogP contribution is 2.25. The van der Waals surface area contributed by atoms with Crippen LogP contribution in [0.4, 0.5) is 0 Å². The van der Waals surface area contributed by atoms with Gasteiger partial charge in [0.25, 0.3) is 0 Å². The van der Waals surface area contributed by atoms with E-state index >= 15 is 0 Å². The van der Waals surface area contributed by atoms with Crippen LogP contribution in [-0.2, 0) is 4.79 Å². The average molecular weight is 279 g/mol. The summed E-state index contributed by atoms with van der Waals surface area (Å²) in [6, 6.07) is 4.08. The van der Waals surface area contributed by atoms with Gasteiger partial charge in [0.2, 0.25) is 0 Å². The Balaban J connectivity index is 2.85. The third kappa shape index (κ3) is 3.97. The molecule has 2 N–H and O–H groups in total. The van der Waals surface area contributed by atoms with Gasteiger partial charge in [-0.2, -0.15) is 0 Å². The number of carboxylic acids is 1. The first-order chi connectivity index (χ1) is 9.30. The predicted octanol–water partition coefficient (Wildman–Crippen LogP) is 2.83. The molecule has 4 nitrogen and oxygen atoms in total. The molecule has 0 amide bonds. The molecule has 112 valence electrons. The van der Waals surface area contributed by atoms with Crippen molar-refractivity contribution < 1.29 is 14.6 Å². The second-order valence-corrected chi connectivity index (χ2v) is 5.58. The van der Waals surface area contributed by atoms with Gasteiger partial charge in [-0.05, 0) is 51.8 Å². The molecule has 0 heterocycles. The normalized spacial score (nSPS) is 13.8. The maximum Gasteiger partial charge on any atom is 0.327 e. The largest absolute Gasteiger partial charge is 0.490 e. The molecule has 1 atom stereocenters. The van der Waals surface area contributed by atoms with Gasteiger partial charge >= 0.3 is 5.97 Å². The van der Waals surface area contributed by atoms with Crippen LogP contribution in [0.15, 0.2) is 12.1 Å². The third-order valence-corrected chi connectivity index (χ3v) is 3.35. The highest BCUT2D eigenvalue weighted by atomic mass is 16.5. The molecule has 0 aliphatic rings. The Hall–Kier alpha value is -1.55. The minimum absolute atomic E-state index is 0.104. The number of aryl methyl sites for hydroxylation is 3. The second kappa shape index (κ2) is 6.75. The molecule has 0 bridgehead atoms. The molecule has 0 spiro atoms. The monoisotopic (exact) mass is 279 g/mol. The zero-order chi connectivity index (χ0) is 15.3. The minimum Gasteiger partial charge on any atom is -0.490 e. The lowest BCUT2D eigenvalue weighted by Crippen LogP contribution is -2.54. The Labute approximate surface area is 121 Å². The molecule has 4 heteroatoms. The van der Waals surface area contributed by atoms with Crippen LogP contribution in [0.1, 0.15) is 37.0 Å². The molecule has 0 aliphatic carbocycles. The Morgan fingerprint density at radius 3 is 2.30 bits per heavy atom. The summed E-state index contributed by atoms with van der Waals surface area (Å²) in [5.74, 6) is -0.116. The van der Waals surface area contributed by atoms with Crippen molar-refractivity contribution in [1.82, 2.24) is 5.32 Å². The van der Waals surface area contributed by atoms with E-state index in [0.717, 1.165) is 23.3 Å². The summed E-state index contributed by atoms with van der Waals surface area (Å²) in [6.07, 6.45) is 0.880. The standard InChI is InChI=1S/C16H25NO3/c1-6-7-17-16(5,15(18)19)10-20-14-12(3)8-11(2)9-13(14)4/h8-9,17H,6-7,10H2,1-5H3,(H,18,19). The lowest BCUT2D eigenvalue weighted by atomic mass is 10.0. The van der Waals surface area contributed by atoms with Crippen molar-refractivity contribution in [3.05, 3.63) is 28.8 Å². The van der Waals surface area contributed by atoms with Crippen molar-refractivity contribution in [3.63, 3.8) is 0 Å². The van der Waals surface area contributed by atoms with E-state index < -0.39 is 11.5 Å². The van der Waals surface area contributed by atoms with Gasteiger partial charge in [-0.1, -0.05) is 24.6 Å². The van der Waals surface area contributed by atoms with E-state index in [4.69, 9.17) is 4.74 Å². The number of benzene rings is 1. The number of nitrogens with one attached hydrogen (secondary N) is 1. The SMILES string of the molecule is CCCNC(C)(COc1c(C)cc(C)cc1C)C(=O)O. The van der Waals surface area contributed by atoms with Crippen molar-refractivity contribution in [3.8, 4) is 5.75 Å². The van der Waals surface area contributed by atoms with Crippen molar-refractivity contribution in [1.29, 1.82) is 0 Å². The van der Waals surface area contributed by atoms with E-state index in [2.05, 4.69) is 5.32 Å². The third-order valence-electron chi connectivity index (χ3n) is 3.35. The van der Waals surface area contributed by atoms with E-state index in [1.807, 2.05) is 39.8 Å². The van der Waals surface area contributed by atoms with Gasteiger partial charge in [-0.25, -0.2) is 0 Å². The van der Waals surface area contributed by atoms with Crippen LogP contribution >= 0.6 is 0 Å². The molecule has 1 aromatic carbocycles. The Bertz CT molecular complexity index is 462. The molecule has 0 radical (unpaired) electrons. The Morgan fingerprint density at radius 2 is 1.85 bits per heavy atom. The fourth-order valence-corrected chi connectivity index (χ4v) is 2.20. The summed E-state index contributed by atoms with van der Waals surface area (Å²) in [7, 11) is 0. The number of rotatable bonds is 7. The van der Waals surface area contributed by atoms with Crippen molar-refractivity contribution in [2.45, 2.75) is 46.6 Å². The zero-order valence-corrected chi connectivity index (χ0v) is 13.0. The van der Waals surface area contributed by atoms with Gasteiger partial charge in [0.05, 0.1) is 0 Å². The maximum atomic E-state index is 11.4. The quantitative estimate of drug-likeness (QED) is 0.806. The first kappa shape index (κ1) is 16.5. The number of carbonyl (C=O) groups is 1. The fourth-order valence-electron chi connectivity index (χ4n) is 2.20. The maximum absolute atomic E-state index is 11.4. The number of carboxylic acid groups (broad SMARTS) is 1. The molecule has 0 aliphatic heterocycles. The number of hydrogen-bond acceptors (Lipinski definition) is 3. The molecule has 1 unspecified atom stereocenters. The molecule has 1 rings (SSSR count). The van der Waals surface area contributed by atoms with Gasteiger partial charge < -0.3 is 9.84 Å². The van der Waals surface area contributed by atoms with Crippen LogP contribution in [0, 0.1) is 20.8 Å². The van der Waals surface area contributed by atoms with E-state index in [-0.39, 0.29) is 6.61 Å². The van der Waals surface area contributed by atoms with E-state index in [9.17, 15) is 9.90 Å². The zero-order valence-electron chi connectivity index (χ0n) is 13.0. The fraction of sp³-hybridized carbons (Fsp3) is 0.562. The van der Waals surface area contributed by atoms with Gasteiger partial charge in [-0.15, -0.1) is 0 Å². The summed E-state index contributed by atoms with van der Waals surface area (Å²) in [5, 5.41) is 12.4. The smallest absolute Gasteiger partial charge is 0.327 e. The van der Waals surface area contributed by atoms with Crippen LogP contribution in [0.2, 0.25) is 0 Å². The average Bonchev–Trinajstić information content (AvgIpc) is 2.34. The first-order valence-electron chi connectivity index (χ1n) is 6.99. The number of hydrogen-bond donors (Lipinski definition) is 2. The lowest BCUT2D eigenvalue weighted by molar-refractivity contribution is -0.145. The van der Waals surface area contributed by atoms with Gasteiger partial charge in [0.1, 0.15) is 17.9 Å². The van der Waals surface area contributed by atoms with Crippen LogP contribution in [-0.4, -0.2) is 29.8 Å². The summed E-state index contributed by atoms with van der Waals surface area (Å²) >= 11 is 0. The highest BCUT2D eigenvalue weighted by molar-refractivity contribution is 5.78. The number of aliphatic carboxylic acids is 1. The molecular weight excluding hydrogens is 254 g/mol. The second-order valence-electron chi connectivity index (χ2n) is 5.58. The summed E-state index contributed by atoms with van der Waals surface area (Å²) in [5.41, 5.74) is 2.17. The number of ether oxygens (including phenoxy) is 1. The van der Waals surface area contributed by atoms with E-state index in [0.29, 0.717) is 6.54 Å². The molecule has 0 fully saturated rings. The van der Waals surface area contributed by atoms with Crippen LogP contribution in [0.25, 0.3) is 0 Å². The molecule has 0 saturated heterocycles. The van der Waals surface area contributed by atoms with Crippen molar-refractivity contribution in [2.24, 2.45) is 0 Å². The van der Waals surface area contributed by atoms with Gasteiger partial charge in [-0.3, -0.25) is 10.1 Å². The van der Waals surface area contributed by atoms with Crippen LogP contribution in [0.5, 0.6) is 5.75 Å². The van der Waals surface area contributed by atoms with Crippen molar-refractivity contribution >= 4 is 5.97 Å². The van der Waals surface area contributed by atoms with E-state index in [1.54, 1.807) is 6.92 Å². The van der Waals surface area contributed by atoms with Crippen molar-refractivity contribution in [2.75, 3.05) is 13.2 Å². The van der Waals surface area contributed by atoms with Gasteiger partial charge in [0, 0.05) is 0 Å². The van der Waals surface area contributed by atoms with Crippen LogP contribution < -0.4 is 10.1 Å². The summed E-state index contributed by atoms with van der Waals surface area (Å²) in [4.78, 5) is 11.4. The lowest BCUT2D eigenvalue weighted by Gasteiger charge is -2.27.